The number of β-amino-alcohol motifs (C(OH)–C–C–N with tert-alkyl or cyclic N) is 1. The third-order valence-electron chi connectivity index (χ3n) is 6.34. The molecule has 0 unspecified atom stereocenters. The van der Waals surface area contributed by atoms with Gasteiger partial charge in [0.05, 0.1) is 57.2 Å². The number of methoxy groups -OCH3 is 1. The molecule has 2 heterocycles. The first-order chi connectivity index (χ1) is 17.0. The standard InChI is InChI=1S/C26H33N3O6/c1-33-23-10-6-5-9-21(23)28-26(32)29-15-19(30)16-34-17-24-22(29)12-11-20(35-24)13-25(31)27-14-18-7-3-2-4-8-18/h2-10,19-20,22,24,30H,11-17H2,1H3,(H,27,31)(H,28,32)/t19-,20+,22+,24-/m1/s1. The van der Waals surface area contributed by atoms with Crippen LogP contribution in [0.4, 0.5) is 10.5 Å². The molecule has 0 radical (unpaired) electrons. The van der Waals surface area contributed by atoms with Crippen molar-refractivity contribution in [3.63, 3.8) is 0 Å². The minimum Gasteiger partial charge on any atom is -0.495 e. The maximum atomic E-state index is 13.3. The molecule has 3 amide bonds. The van der Waals surface area contributed by atoms with Gasteiger partial charge in [-0.2, -0.15) is 0 Å². The van der Waals surface area contributed by atoms with E-state index in [0.29, 0.717) is 30.8 Å². The molecule has 35 heavy (non-hydrogen) atoms. The van der Waals surface area contributed by atoms with Gasteiger partial charge < -0.3 is 34.9 Å². The first kappa shape index (κ1) is 25.0. The fraction of sp³-hybridized carbons (Fsp3) is 0.462. The number of carbonyl (C=O) groups excluding carboxylic acids is 2. The quantitative estimate of drug-likeness (QED) is 0.583. The SMILES string of the molecule is COc1ccccc1NC(=O)N1C[C@@H](O)COC[C@H]2O[C@H](CC(=O)NCc3ccccc3)CC[C@@H]21. The normalized spacial score (nSPS) is 24.5. The number of benzene rings is 2. The molecule has 4 atom stereocenters. The molecule has 188 valence electrons. The van der Waals surface area contributed by atoms with Crippen molar-refractivity contribution < 1.29 is 28.9 Å². The number of anilines is 1. The zero-order valence-corrected chi connectivity index (χ0v) is 19.9. The van der Waals surface area contributed by atoms with Crippen LogP contribution in [0.25, 0.3) is 0 Å². The van der Waals surface area contributed by atoms with Gasteiger partial charge in [-0.3, -0.25) is 4.79 Å². The minimum absolute atomic E-state index is 0.0785. The van der Waals surface area contributed by atoms with Gasteiger partial charge in [0.1, 0.15) is 11.9 Å². The van der Waals surface area contributed by atoms with Crippen molar-refractivity contribution in [3.8, 4) is 5.75 Å². The van der Waals surface area contributed by atoms with E-state index in [9.17, 15) is 14.7 Å². The largest absolute Gasteiger partial charge is 0.495 e. The summed E-state index contributed by atoms with van der Waals surface area (Å²) in [6.45, 7) is 0.930. The van der Waals surface area contributed by atoms with Gasteiger partial charge in [0.2, 0.25) is 5.91 Å². The number of ether oxygens (including phenoxy) is 3. The van der Waals surface area contributed by atoms with Gasteiger partial charge in [0.25, 0.3) is 0 Å². The van der Waals surface area contributed by atoms with Crippen LogP contribution in [0.2, 0.25) is 0 Å². The fourth-order valence-corrected chi connectivity index (χ4v) is 4.58. The van der Waals surface area contributed by atoms with Crippen molar-refractivity contribution >= 4 is 17.6 Å². The number of nitrogens with one attached hydrogen (secondary N) is 2. The highest BCUT2D eigenvalue weighted by Crippen LogP contribution is 2.29. The van der Waals surface area contributed by atoms with Gasteiger partial charge in [-0.05, 0) is 30.5 Å². The van der Waals surface area contributed by atoms with E-state index in [-0.39, 0.29) is 50.3 Å². The lowest BCUT2D eigenvalue weighted by Crippen LogP contribution is -2.58. The molecule has 2 aliphatic rings. The molecule has 4 rings (SSSR count). The molecule has 9 nitrogen and oxygen atoms in total. The molecule has 0 saturated carbocycles. The minimum atomic E-state index is -0.805. The topological polar surface area (TPSA) is 109 Å². The van der Waals surface area contributed by atoms with Crippen LogP contribution in [-0.2, 0) is 20.8 Å². The van der Waals surface area contributed by atoms with Gasteiger partial charge >= 0.3 is 6.03 Å². The van der Waals surface area contributed by atoms with Crippen LogP contribution >= 0.6 is 0 Å². The van der Waals surface area contributed by atoms with E-state index in [4.69, 9.17) is 14.2 Å². The Bertz CT molecular complexity index is 988. The third-order valence-corrected chi connectivity index (χ3v) is 6.34. The number of para-hydroxylation sites is 2. The number of hydrogen-bond donors (Lipinski definition) is 3. The van der Waals surface area contributed by atoms with E-state index in [1.165, 1.54) is 0 Å². The molecule has 3 N–H and O–H groups in total. The number of urea groups is 1. The van der Waals surface area contributed by atoms with E-state index in [1.54, 1.807) is 24.1 Å². The lowest BCUT2D eigenvalue weighted by molar-refractivity contribution is -0.149. The molecule has 2 aromatic rings. The molecular formula is C26H33N3O6. The van der Waals surface area contributed by atoms with Gasteiger partial charge in [0.15, 0.2) is 0 Å². The van der Waals surface area contributed by atoms with Crippen molar-refractivity contribution in [2.24, 2.45) is 0 Å². The Morgan fingerprint density at radius 1 is 1.09 bits per heavy atom. The molecule has 0 aromatic heterocycles. The second-order valence-electron chi connectivity index (χ2n) is 8.88. The fourth-order valence-electron chi connectivity index (χ4n) is 4.58. The maximum absolute atomic E-state index is 13.3. The molecule has 2 aromatic carbocycles. The number of fused-ring (bicyclic) bond motifs is 1. The number of aliphatic hydroxyl groups excluding tert-OH is 1. The van der Waals surface area contributed by atoms with E-state index >= 15 is 0 Å². The Hall–Kier alpha value is -3.14. The van der Waals surface area contributed by atoms with Gasteiger partial charge in [-0.1, -0.05) is 42.5 Å². The molecular weight excluding hydrogens is 450 g/mol. The van der Waals surface area contributed by atoms with Crippen molar-refractivity contribution in [1.82, 2.24) is 10.2 Å². The third kappa shape index (κ3) is 6.72. The number of carbonyl (C=O) groups is 2. The summed E-state index contributed by atoms with van der Waals surface area (Å²) in [7, 11) is 1.54. The average Bonchev–Trinajstić information content (AvgIpc) is 2.86. The van der Waals surface area contributed by atoms with E-state index in [1.807, 2.05) is 42.5 Å². The first-order valence-electron chi connectivity index (χ1n) is 12.0. The number of aliphatic hydroxyl groups is 1. The van der Waals surface area contributed by atoms with Crippen molar-refractivity contribution in [2.45, 2.75) is 50.2 Å². The van der Waals surface area contributed by atoms with E-state index in [0.717, 1.165) is 5.56 Å². The van der Waals surface area contributed by atoms with Crippen LogP contribution in [0, 0.1) is 0 Å². The van der Waals surface area contributed by atoms with Crippen molar-refractivity contribution in [2.75, 3.05) is 32.2 Å². The second-order valence-corrected chi connectivity index (χ2v) is 8.88. The Kier molecular flexibility index (Phi) is 8.57. The van der Waals surface area contributed by atoms with Crippen LogP contribution in [0.15, 0.2) is 54.6 Å². The number of hydrogen-bond acceptors (Lipinski definition) is 6. The number of rotatable bonds is 6. The lowest BCUT2D eigenvalue weighted by Gasteiger charge is -2.44. The summed E-state index contributed by atoms with van der Waals surface area (Å²) in [5.41, 5.74) is 1.59. The Morgan fingerprint density at radius 3 is 2.66 bits per heavy atom. The summed E-state index contributed by atoms with van der Waals surface area (Å²) in [5.74, 6) is 0.472. The van der Waals surface area contributed by atoms with Crippen LogP contribution in [0.5, 0.6) is 5.75 Å². The molecule has 0 spiro atoms. The smallest absolute Gasteiger partial charge is 0.322 e. The summed E-state index contributed by atoms with van der Waals surface area (Å²) in [4.78, 5) is 27.4. The molecule has 0 aliphatic carbocycles. The molecule has 2 aliphatic heterocycles. The Labute approximate surface area is 205 Å². The van der Waals surface area contributed by atoms with E-state index in [2.05, 4.69) is 10.6 Å². The second kappa shape index (κ2) is 12.0. The maximum Gasteiger partial charge on any atom is 0.322 e. The predicted octanol–water partition coefficient (Wildman–Crippen LogP) is 2.54. The first-order valence-corrected chi connectivity index (χ1v) is 12.0. The molecule has 2 fully saturated rings. The van der Waals surface area contributed by atoms with Gasteiger partial charge in [-0.25, -0.2) is 4.79 Å². The molecule has 2 saturated heterocycles. The van der Waals surface area contributed by atoms with Gasteiger partial charge in [-0.15, -0.1) is 0 Å². The van der Waals surface area contributed by atoms with Crippen molar-refractivity contribution in [3.05, 3.63) is 60.2 Å². The highest BCUT2D eigenvalue weighted by molar-refractivity contribution is 5.91. The monoisotopic (exact) mass is 483 g/mol. The average molecular weight is 484 g/mol. The highest BCUT2D eigenvalue weighted by Gasteiger charge is 2.40. The van der Waals surface area contributed by atoms with Gasteiger partial charge in [0, 0.05) is 6.54 Å². The van der Waals surface area contributed by atoms with Crippen LogP contribution < -0.4 is 15.4 Å². The Balaban J connectivity index is 1.38. The zero-order chi connectivity index (χ0) is 24.6. The molecule has 9 heteroatoms. The summed E-state index contributed by atoms with van der Waals surface area (Å²) in [5, 5.41) is 16.2. The summed E-state index contributed by atoms with van der Waals surface area (Å²) >= 11 is 0. The van der Waals surface area contributed by atoms with Crippen LogP contribution in [0.1, 0.15) is 24.8 Å². The predicted molar refractivity (Wildman–Crippen MR) is 130 cm³/mol. The van der Waals surface area contributed by atoms with Crippen LogP contribution in [-0.4, -0.2) is 73.2 Å². The highest BCUT2D eigenvalue weighted by atomic mass is 16.5. The summed E-state index contributed by atoms with van der Waals surface area (Å²) in [6, 6.07) is 16.3. The summed E-state index contributed by atoms with van der Waals surface area (Å²) < 4.78 is 17.2. The van der Waals surface area contributed by atoms with Crippen molar-refractivity contribution in [1.29, 1.82) is 0 Å². The van der Waals surface area contributed by atoms with Crippen LogP contribution in [0.3, 0.4) is 0 Å². The van der Waals surface area contributed by atoms with E-state index < -0.39 is 12.2 Å². The molecule has 0 bridgehead atoms. The zero-order valence-electron chi connectivity index (χ0n) is 19.9. The number of amides is 3. The Morgan fingerprint density at radius 2 is 1.86 bits per heavy atom. The number of nitrogens with zero attached hydrogens (tertiary/aromatic N) is 1. The summed E-state index contributed by atoms with van der Waals surface area (Å²) in [6.07, 6.45) is 0.0311. The lowest BCUT2D eigenvalue weighted by atomic mass is 9.95.